The average molecular weight is 276 g/mol. The molecule has 17 heavy (non-hydrogen) atoms. The van der Waals surface area contributed by atoms with E-state index >= 15 is 0 Å². The minimum atomic E-state index is -3.55. The van der Waals surface area contributed by atoms with Crippen molar-refractivity contribution >= 4 is 25.9 Å². The summed E-state index contributed by atoms with van der Waals surface area (Å²) in [4.78, 5) is -0.179. The molecule has 0 amide bonds. The van der Waals surface area contributed by atoms with Crippen LogP contribution < -0.4 is 5.84 Å². The van der Waals surface area contributed by atoms with Gasteiger partial charge in [-0.15, -0.1) is 0 Å². The monoisotopic (exact) mass is 276 g/mol. The van der Waals surface area contributed by atoms with Gasteiger partial charge in [-0.3, -0.25) is 0 Å². The van der Waals surface area contributed by atoms with Crippen LogP contribution in [-0.2, 0) is 19.7 Å². The first-order chi connectivity index (χ1) is 7.66. The highest BCUT2D eigenvalue weighted by molar-refractivity contribution is 7.91. The Morgan fingerprint density at radius 2 is 1.71 bits per heavy atom. The Kier molecular flexibility index (Phi) is 3.58. The Morgan fingerprint density at radius 3 is 2.12 bits per heavy atom. The van der Waals surface area contributed by atoms with Gasteiger partial charge in [-0.05, 0) is 12.1 Å². The SMILES string of the molecule is CS(=O)(=O)c1ccc(C=NN)c(S(C)(=O)=O)c1. The van der Waals surface area contributed by atoms with Crippen molar-refractivity contribution in [1.82, 2.24) is 0 Å². The van der Waals surface area contributed by atoms with Gasteiger partial charge in [-0.25, -0.2) is 16.8 Å². The Morgan fingerprint density at radius 1 is 1.12 bits per heavy atom. The minimum Gasteiger partial charge on any atom is -0.323 e. The van der Waals surface area contributed by atoms with E-state index < -0.39 is 19.7 Å². The highest BCUT2D eigenvalue weighted by Gasteiger charge is 2.16. The van der Waals surface area contributed by atoms with Gasteiger partial charge in [0.1, 0.15) is 0 Å². The van der Waals surface area contributed by atoms with Gasteiger partial charge in [-0.2, -0.15) is 5.10 Å². The summed E-state index contributed by atoms with van der Waals surface area (Å²) < 4.78 is 45.7. The van der Waals surface area contributed by atoms with Crippen LogP contribution >= 0.6 is 0 Å². The zero-order valence-corrected chi connectivity index (χ0v) is 10.9. The predicted molar refractivity (Wildman–Crippen MR) is 64.4 cm³/mol. The molecule has 1 aromatic carbocycles. The van der Waals surface area contributed by atoms with Gasteiger partial charge in [-0.1, -0.05) is 6.07 Å². The zero-order chi connectivity index (χ0) is 13.3. The summed E-state index contributed by atoms with van der Waals surface area (Å²) in [6.07, 6.45) is 3.15. The molecule has 94 valence electrons. The first-order valence-electron chi connectivity index (χ1n) is 4.43. The summed E-state index contributed by atoms with van der Waals surface area (Å²) in [6, 6.07) is 3.76. The molecule has 0 aliphatic carbocycles. The van der Waals surface area contributed by atoms with E-state index in [-0.39, 0.29) is 15.4 Å². The van der Waals surface area contributed by atoms with E-state index in [1.807, 2.05) is 0 Å². The topological polar surface area (TPSA) is 107 Å². The van der Waals surface area contributed by atoms with Crippen LogP contribution in [0.4, 0.5) is 0 Å². The van der Waals surface area contributed by atoms with Gasteiger partial charge in [0.05, 0.1) is 16.0 Å². The van der Waals surface area contributed by atoms with E-state index in [1.165, 1.54) is 12.1 Å². The van der Waals surface area contributed by atoms with Crippen LogP contribution in [0.2, 0.25) is 0 Å². The molecule has 1 rings (SSSR count). The number of rotatable bonds is 3. The number of nitrogens with zero attached hydrogens (tertiary/aromatic N) is 1. The van der Waals surface area contributed by atoms with E-state index in [9.17, 15) is 16.8 Å². The molecular formula is C9H12N2O4S2. The molecule has 0 radical (unpaired) electrons. The molecule has 0 saturated heterocycles. The third-order valence-electron chi connectivity index (χ3n) is 2.03. The van der Waals surface area contributed by atoms with Crippen LogP contribution in [-0.4, -0.2) is 35.6 Å². The fourth-order valence-electron chi connectivity index (χ4n) is 1.25. The molecule has 0 heterocycles. The number of hydrogen-bond donors (Lipinski definition) is 1. The molecule has 2 N–H and O–H groups in total. The maximum atomic E-state index is 11.5. The summed E-state index contributed by atoms with van der Waals surface area (Å²) in [7, 11) is -7.01. The van der Waals surface area contributed by atoms with Gasteiger partial charge in [0.25, 0.3) is 0 Å². The van der Waals surface area contributed by atoms with E-state index in [4.69, 9.17) is 5.84 Å². The molecular weight excluding hydrogens is 264 g/mol. The minimum absolute atomic E-state index is 0.0629. The molecule has 8 heteroatoms. The van der Waals surface area contributed by atoms with Gasteiger partial charge in [0, 0.05) is 18.1 Å². The molecule has 0 fully saturated rings. The fourth-order valence-corrected chi connectivity index (χ4v) is 2.87. The Bertz CT molecular complexity index is 660. The van der Waals surface area contributed by atoms with E-state index in [0.29, 0.717) is 0 Å². The van der Waals surface area contributed by atoms with Crippen LogP contribution in [0, 0.1) is 0 Å². The standard InChI is InChI=1S/C9H12N2O4S2/c1-16(12,13)8-4-3-7(6-11-10)9(5-8)17(2,14)15/h3-6H,10H2,1-2H3. The number of benzene rings is 1. The zero-order valence-electron chi connectivity index (χ0n) is 9.28. The lowest BCUT2D eigenvalue weighted by Crippen LogP contribution is -2.06. The molecule has 6 nitrogen and oxygen atoms in total. The normalized spacial score (nSPS) is 13.1. The molecule has 0 spiro atoms. The van der Waals surface area contributed by atoms with Crippen LogP contribution in [0.25, 0.3) is 0 Å². The van der Waals surface area contributed by atoms with Crippen molar-refractivity contribution in [2.45, 2.75) is 9.79 Å². The highest BCUT2D eigenvalue weighted by Crippen LogP contribution is 2.19. The maximum absolute atomic E-state index is 11.5. The quantitative estimate of drug-likeness (QED) is 0.467. The highest BCUT2D eigenvalue weighted by atomic mass is 32.2. The second-order valence-electron chi connectivity index (χ2n) is 3.52. The van der Waals surface area contributed by atoms with Crippen molar-refractivity contribution in [2.75, 3.05) is 12.5 Å². The van der Waals surface area contributed by atoms with Gasteiger partial charge < -0.3 is 5.84 Å². The van der Waals surface area contributed by atoms with Crippen molar-refractivity contribution in [1.29, 1.82) is 0 Å². The van der Waals surface area contributed by atoms with Crippen LogP contribution in [0.15, 0.2) is 33.1 Å². The number of sulfone groups is 2. The second kappa shape index (κ2) is 4.46. The summed E-state index contributed by atoms with van der Waals surface area (Å²) in [5.74, 6) is 4.95. The molecule has 1 aromatic rings. The van der Waals surface area contributed by atoms with Crippen molar-refractivity contribution in [3.05, 3.63) is 23.8 Å². The molecule has 0 aliphatic heterocycles. The molecule has 0 aromatic heterocycles. The van der Waals surface area contributed by atoms with Gasteiger partial charge in [0.2, 0.25) is 0 Å². The largest absolute Gasteiger partial charge is 0.323 e. The summed E-state index contributed by atoms with van der Waals surface area (Å²) in [5, 5.41) is 3.23. The van der Waals surface area contributed by atoms with Crippen molar-refractivity contribution in [3.8, 4) is 0 Å². The van der Waals surface area contributed by atoms with Crippen molar-refractivity contribution in [3.63, 3.8) is 0 Å². The summed E-state index contributed by atoms with van der Waals surface area (Å²) >= 11 is 0. The van der Waals surface area contributed by atoms with Crippen LogP contribution in [0.1, 0.15) is 5.56 Å². The fraction of sp³-hybridized carbons (Fsp3) is 0.222. The first kappa shape index (κ1) is 13.7. The van der Waals surface area contributed by atoms with Gasteiger partial charge >= 0.3 is 0 Å². The third kappa shape index (κ3) is 3.27. The average Bonchev–Trinajstić information content (AvgIpc) is 2.15. The van der Waals surface area contributed by atoms with Crippen LogP contribution in [0.5, 0.6) is 0 Å². The lowest BCUT2D eigenvalue weighted by molar-refractivity contribution is 0.600. The summed E-state index contributed by atoms with van der Waals surface area (Å²) in [5.41, 5.74) is 0.252. The Hall–Kier alpha value is -1.41. The van der Waals surface area contributed by atoms with E-state index in [1.54, 1.807) is 0 Å². The summed E-state index contributed by atoms with van der Waals surface area (Å²) in [6.45, 7) is 0. The Balaban J connectivity index is 3.63. The van der Waals surface area contributed by atoms with Crippen LogP contribution in [0.3, 0.4) is 0 Å². The maximum Gasteiger partial charge on any atom is 0.176 e. The molecule has 0 unspecified atom stereocenters. The lowest BCUT2D eigenvalue weighted by Gasteiger charge is -2.05. The third-order valence-corrected chi connectivity index (χ3v) is 4.29. The molecule has 0 aliphatic rings. The smallest absolute Gasteiger partial charge is 0.176 e. The van der Waals surface area contributed by atoms with E-state index in [2.05, 4.69) is 5.10 Å². The number of hydrogen-bond acceptors (Lipinski definition) is 6. The van der Waals surface area contributed by atoms with Crippen molar-refractivity contribution < 1.29 is 16.8 Å². The molecule has 0 saturated carbocycles. The molecule has 0 bridgehead atoms. The predicted octanol–water partition coefficient (Wildman–Crippen LogP) is -0.214. The number of nitrogens with two attached hydrogens (primary N) is 1. The Labute approximate surface area is 100.0 Å². The molecule has 0 atom stereocenters. The van der Waals surface area contributed by atoms with E-state index in [0.717, 1.165) is 24.8 Å². The second-order valence-corrected chi connectivity index (χ2v) is 7.52. The van der Waals surface area contributed by atoms with Gasteiger partial charge in [0.15, 0.2) is 19.7 Å². The number of hydrazone groups is 1. The lowest BCUT2D eigenvalue weighted by atomic mass is 10.2. The first-order valence-corrected chi connectivity index (χ1v) is 8.22. The van der Waals surface area contributed by atoms with Crippen molar-refractivity contribution in [2.24, 2.45) is 10.9 Å².